The molecule has 30 heavy (non-hydrogen) atoms. The predicted molar refractivity (Wildman–Crippen MR) is 118 cm³/mol. The topological polar surface area (TPSA) is 81.2 Å². The number of amides is 1. The molecule has 1 saturated heterocycles. The van der Waals surface area contributed by atoms with Crippen molar-refractivity contribution in [2.24, 2.45) is 4.99 Å². The van der Waals surface area contributed by atoms with Gasteiger partial charge in [-0.15, -0.1) is 0 Å². The fourth-order valence-corrected chi connectivity index (χ4v) is 3.25. The highest BCUT2D eigenvalue weighted by molar-refractivity contribution is 6.10. The van der Waals surface area contributed by atoms with E-state index >= 15 is 0 Å². The number of guanidine groups is 1. The Bertz CT molecular complexity index is 892. The van der Waals surface area contributed by atoms with Crippen LogP contribution >= 0.6 is 0 Å². The summed E-state index contributed by atoms with van der Waals surface area (Å²) in [6.45, 7) is 3.35. The molecule has 7 nitrogen and oxygen atoms in total. The van der Waals surface area contributed by atoms with Crippen LogP contribution in [0.15, 0.2) is 47.5 Å². The van der Waals surface area contributed by atoms with Crippen molar-refractivity contribution in [3.63, 3.8) is 0 Å². The highest BCUT2D eigenvalue weighted by Crippen LogP contribution is 2.27. The van der Waals surface area contributed by atoms with E-state index < -0.39 is 0 Å². The molecule has 1 atom stereocenters. The summed E-state index contributed by atoms with van der Waals surface area (Å²) in [4.78, 5) is 17.5. The second kappa shape index (κ2) is 10.6. The van der Waals surface area contributed by atoms with Gasteiger partial charge in [-0.1, -0.05) is 19.1 Å². The maximum Gasteiger partial charge on any atom is 0.258 e. The monoisotopic (exact) mass is 411 g/mol. The zero-order valence-corrected chi connectivity index (χ0v) is 17.7. The number of hydrogen-bond acceptors (Lipinski definition) is 5. The van der Waals surface area contributed by atoms with E-state index in [1.807, 2.05) is 18.2 Å². The van der Waals surface area contributed by atoms with Crippen molar-refractivity contribution in [3.05, 3.63) is 53.6 Å². The lowest BCUT2D eigenvalue weighted by Crippen LogP contribution is -2.36. The van der Waals surface area contributed by atoms with Gasteiger partial charge in [0.2, 0.25) is 5.96 Å². The van der Waals surface area contributed by atoms with Gasteiger partial charge in [0.05, 0.1) is 26.9 Å². The molecule has 1 aliphatic heterocycles. The molecule has 1 amide bonds. The van der Waals surface area contributed by atoms with Gasteiger partial charge in [-0.2, -0.15) is 0 Å². The molecule has 0 unspecified atom stereocenters. The summed E-state index contributed by atoms with van der Waals surface area (Å²) in [5.74, 6) is 1.15. The lowest BCUT2D eigenvalue weighted by Gasteiger charge is -2.15. The lowest BCUT2D eigenvalue weighted by atomic mass is 10.1. The van der Waals surface area contributed by atoms with Crippen LogP contribution in [0.5, 0.6) is 11.5 Å². The van der Waals surface area contributed by atoms with E-state index in [4.69, 9.17) is 14.2 Å². The molecular formula is C23H29N3O4. The Kier molecular flexibility index (Phi) is 7.68. The third-order valence-electron chi connectivity index (χ3n) is 4.95. The minimum absolute atomic E-state index is 0.0850. The number of ether oxygens (including phenoxy) is 3. The van der Waals surface area contributed by atoms with Crippen LogP contribution in [0.3, 0.4) is 0 Å². The van der Waals surface area contributed by atoms with Crippen molar-refractivity contribution in [1.82, 2.24) is 5.32 Å². The zero-order valence-electron chi connectivity index (χ0n) is 17.7. The zero-order chi connectivity index (χ0) is 21.3. The van der Waals surface area contributed by atoms with Crippen LogP contribution < -0.4 is 20.1 Å². The van der Waals surface area contributed by atoms with Crippen LogP contribution in [-0.4, -0.2) is 45.3 Å². The molecular weight excluding hydrogens is 382 g/mol. The standard InChI is InChI=1S/C23H29N3O4/c1-4-16-7-5-8-18(13-16)25-23(24-15-19-9-6-12-30-19)26-22(27)17-10-11-20(28-2)21(14-17)29-3/h5,7-8,10-11,13-14,19H,4,6,9,12,15H2,1-3H3,(H2,24,25,26,27)/t19-/m0/s1. The Morgan fingerprint density at radius 1 is 1.17 bits per heavy atom. The van der Waals surface area contributed by atoms with E-state index in [2.05, 4.69) is 28.6 Å². The van der Waals surface area contributed by atoms with Gasteiger partial charge < -0.3 is 19.5 Å². The summed E-state index contributed by atoms with van der Waals surface area (Å²) in [7, 11) is 3.10. The molecule has 0 spiro atoms. The number of anilines is 1. The van der Waals surface area contributed by atoms with E-state index in [9.17, 15) is 4.79 Å². The molecule has 0 aliphatic carbocycles. The third kappa shape index (κ3) is 5.73. The van der Waals surface area contributed by atoms with E-state index in [0.717, 1.165) is 31.6 Å². The van der Waals surface area contributed by atoms with Crippen molar-refractivity contribution in [2.75, 3.05) is 32.7 Å². The Morgan fingerprint density at radius 2 is 2.00 bits per heavy atom. The SMILES string of the molecule is CCc1cccc(NC(=NC[C@@H]2CCCO2)NC(=O)c2ccc(OC)c(OC)c2)c1. The number of aliphatic imine (C=N–C) groups is 1. The van der Waals surface area contributed by atoms with Crippen LogP contribution in [0.2, 0.25) is 0 Å². The predicted octanol–water partition coefficient (Wildman–Crippen LogP) is 3.64. The highest BCUT2D eigenvalue weighted by Gasteiger charge is 2.17. The normalized spacial score (nSPS) is 16.2. The van der Waals surface area contributed by atoms with Crippen LogP contribution in [0.1, 0.15) is 35.7 Å². The Hall–Kier alpha value is -3.06. The molecule has 0 saturated carbocycles. The molecule has 2 aromatic rings. The molecule has 0 radical (unpaired) electrons. The summed E-state index contributed by atoms with van der Waals surface area (Å²) < 4.78 is 16.2. The molecule has 2 aromatic carbocycles. The van der Waals surface area contributed by atoms with E-state index in [-0.39, 0.29) is 12.0 Å². The smallest absolute Gasteiger partial charge is 0.258 e. The van der Waals surface area contributed by atoms with Gasteiger partial charge in [0.25, 0.3) is 5.91 Å². The number of carbonyl (C=O) groups excluding carboxylic acids is 1. The van der Waals surface area contributed by atoms with Crippen molar-refractivity contribution in [2.45, 2.75) is 32.3 Å². The third-order valence-corrected chi connectivity index (χ3v) is 4.95. The first-order chi connectivity index (χ1) is 14.6. The number of methoxy groups -OCH3 is 2. The molecule has 1 heterocycles. The van der Waals surface area contributed by atoms with Crippen LogP contribution in [-0.2, 0) is 11.2 Å². The molecule has 0 bridgehead atoms. The molecule has 160 valence electrons. The van der Waals surface area contributed by atoms with E-state index in [0.29, 0.717) is 29.6 Å². The van der Waals surface area contributed by atoms with Gasteiger partial charge in [0.1, 0.15) is 0 Å². The molecule has 1 fully saturated rings. The Morgan fingerprint density at radius 3 is 2.70 bits per heavy atom. The largest absolute Gasteiger partial charge is 0.493 e. The van der Waals surface area contributed by atoms with Gasteiger partial charge in [-0.25, -0.2) is 4.99 Å². The second-order valence-electron chi connectivity index (χ2n) is 7.03. The summed E-state index contributed by atoms with van der Waals surface area (Å²) >= 11 is 0. The van der Waals surface area contributed by atoms with Crippen molar-refractivity contribution in [3.8, 4) is 11.5 Å². The van der Waals surface area contributed by atoms with E-state index in [1.165, 1.54) is 12.7 Å². The molecule has 0 aromatic heterocycles. The molecule has 3 rings (SSSR count). The fraction of sp³-hybridized carbons (Fsp3) is 0.391. The second-order valence-corrected chi connectivity index (χ2v) is 7.03. The first-order valence-electron chi connectivity index (χ1n) is 10.2. The number of rotatable bonds is 7. The maximum absolute atomic E-state index is 12.9. The van der Waals surface area contributed by atoms with Crippen LogP contribution in [0.25, 0.3) is 0 Å². The van der Waals surface area contributed by atoms with Gasteiger partial charge in [0.15, 0.2) is 11.5 Å². The van der Waals surface area contributed by atoms with Crippen molar-refractivity contribution < 1.29 is 19.0 Å². The first kappa shape index (κ1) is 21.6. The first-order valence-corrected chi connectivity index (χ1v) is 10.2. The number of aryl methyl sites for hydroxylation is 1. The quantitative estimate of drug-likeness (QED) is 0.537. The summed E-state index contributed by atoms with van der Waals surface area (Å²) in [6.07, 6.45) is 3.03. The van der Waals surface area contributed by atoms with Gasteiger partial charge in [-0.05, 0) is 55.2 Å². The summed E-state index contributed by atoms with van der Waals surface area (Å²) in [5.41, 5.74) is 2.51. The van der Waals surface area contributed by atoms with E-state index in [1.54, 1.807) is 25.3 Å². The molecule has 1 aliphatic rings. The van der Waals surface area contributed by atoms with Gasteiger partial charge in [0, 0.05) is 17.9 Å². The fourth-order valence-electron chi connectivity index (χ4n) is 3.25. The van der Waals surface area contributed by atoms with Gasteiger partial charge >= 0.3 is 0 Å². The van der Waals surface area contributed by atoms with Crippen LogP contribution in [0.4, 0.5) is 5.69 Å². The minimum Gasteiger partial charge on any atom is -0.493 e. The van der Waals surface area contributed by atoms with Crippen LogP contribution in [0, 0.1) is 0 Å². The highest BCUT2D eigenvalue weighted by atomic mass is 16.5. The number of carbonyl (C=O) groups is 1. The number of hydrogen-bond donors (Lipinski definition) is 2. The molecule has 7 heteroatoms. The summed E-state index contributed by atoms with van der Waals surface area (Å²) in [5, 5.41) is 6.12. The van der Waals surface area contributed by atoms with Crippen molar-refractivity contribution >= 4 is 17.6 Å². The Balaban J connectivity index is 1.78. The number of nitrogens with zero attached hydrogens (tertiary/aromatic N) is 1. The molecule has 2 N–H and O–H groups in total. The number of benzene rings is 2. The maximum atomic E-state index is 12.9. The minimum atomic E-state index is -0.291. The number of nitrogens with one attached hydrogen (secondary N) is 2. The Labute approximate surface area is 177 Å². The lowest BCUT2D eigenvalue weighted by molar-refractivity contribution is 0.0975. The summed E-state index contributed by atoms with van der Waals surface area (Å²) in [6, 6.07) is 13.1. The van der Waals surface area contributed by atoms with Gasteiger partial charge in [-0.3, -0.25) is 10.1 Å². The average molecular weight is 412 g/mol. The van der Waals surface area contributed by atoms with Crippen molar-refractivity contribution in [1.29, 1.82) is 0 Å². The average Bonchev–Trinajstić information content (AvgIpc) is 3.30.